The summed E-state index contributed by atoms with van der Waals surface area (Å²) in [5, 5.41) is 17.9. The molecule has 1 fully saturated rings. The van der Waals surface area contributed by atoms with Crippen molar-refractivity contribution in [3.05, 3.63) is 46.3 Å². The number of nitrogens with one attached hydrogen (secondary N) is 1. The number of nitrogens with zero attached hydrogens (tertiary/aromatic N) is 2. The normalized spacial score (nSPS) is 19.3. The molecule has 1 saturated heterocycles. The molecule has 1 aliphatic heterocycles. The van der Waals surface area contributed by atoms with Crippen LogP contribution in [0, 0.1) is 27.7 Å². The number of β-amino-alcohol motifs (C(OH)–C–C–N with tert-alkyl or cyclic N) is 1. The van der Waals surface area contributed by atoms with Gasteiger partial charge in [-0.2, -0.15) is 5.10 Å². The smallest absolute Gasteiger partial charge is 0.125 e. The molecular formula is C20H29N3O2. The van der Waals surface area contributed by atoms with Crippen molar-refractivity contribution in [3.8, 4) is 5.75 Å². The third-order valence-electron chi connectivity index (χ3n) is 5.16. The molecule has 0 radical (unpaired) electrons. The Bertz CT molecular complexity index is 686. The maximum atomic E-state index is 10.5. The number of ether oxygens (including phenoxy) is 1. The molecule has 5 heteroatoms. The summed E-state index contributed by atoms with van der Waals surface area (Å²) in [6, 6.07) is 6.44. The molecule has 25 heavy (non-hydrogen) atoms. The minimum absolute atomic E-state index is 0.318. The number of rotatable bonds is 6. The van der Waals surface area contributed by atoms with Crippen molar-refractivity contribution in [2.75, 3.05) is 19.7 Å². The molecule has 2 heterocycles. The van der Waals surface area contributed by atoms with E-state index in [1.54, 1.807) is 0 Å². The number of aryl methyl sites for hydroxylation is 4. The highest BCUT2D eigenvalue weighted by Gasteiger charge is 2.30. The van der Waals surface area contributed by atoms with E-state index < -0.39 is 6.10 Å². The summed E-state index contributed by atoms with van der Waals surface area (Å²) in [4.78, 5) is 2.36. The standard InChI is InChI=1S/C20H29N3O2/c1-13-7-5-8-14(2)20(13)25-12-17(24)11-23-10-6-9-18(23)19-15(3)21-22-16(19)4/h5,7-8,17-18,24H,6,9-12H2,1-4H3,(H,21,22). The number of para-hydroxylation sites is 1. The first kappa shape index (κ1) is 18.0. The van der Waals surface area contributed by atoms with Gasteiger partial charge in [0.05, 0.1) is 5.69 Å². The van der Waals surface area contributed by atoms with Crippen LogP contribution in [0.25, 0.3) is 0 Å². The van der Waals surface area contributed by atoms with E-state index in [4.69, 9.17) is 4.74 Å². The zero-order chi connectivity index (χ0) is 18.0. The Morgan fingerprint density at radius 1 is 1.28 bits per heavy atom. The Balaban J connectivity index is 1.61. The van der Waals surface area contributed by atoms with E-state index in [0.29, 0.717) is 19.2 Å². The van der Waals surface area contributed by atoms with Crippen LogP contribution in [0.5, 0.6) is 5.75 Å². The maximum Gasteiger partial charge on any atom is 0.125 e. The van der Waals surface area contributed by atoms with Gasteiger partial charge in [-0.25, -0.2) is 0 Å². The lowest BCUT2D eigenvalue weighted by atomic mass is 10.0. The zero-order valence-electron chi connectivity index (χ0n) is 15.7. The molecule has 5 nitrogen and oxygen atoms in total. The van der Waals surface area contributed by atoms with E-state index in [0.717, 1.165) is 47.7 Å². The highest BCUT2D eigenvalue weighted by atomic mass is 16.5. The van der Waals surface area contributed by atoms with Crippen LogP contribution < -0.4 is 4.74 Å². The molecule has 1 aliphatic rings. The monoisotopic (exact) mass is 343 g/mol. The lowest BCUT2D eigenvalue weighted by molar-refractivity contribution is 0.0632. The molecular weight excluding hydrogens is 314 g/mol. The van der Waals surface area contributed by atoms with Gasteiger partial charge in [-0.1, -0.05) is 18.2 Å². The van der Waals surface area contributed by atoms with Gasteiger partial charge in [0.2, 0.25) is 0 Å². The molecule has 1 aromatic carbocycles. The molecule has 136 valence electrons. The third kappa shape index (κ3) is 3.88. The summed E-state index contributed by atoms with van der Waals surface area (Å²) in [6.07, 6.45) is 1.76. The van der Waals surface area contributed by atoms with Crippen LogP contribution in [0.4, 0.5) is 0 Å². The van der Waals surface area contributed by atoms with Crippen molar-refractivity contribution in [2.24, 2.45) is 0 Å². The van der Waals surface area contributed by atoms with Crippen molar-refractivity contribution in [2.45, 2.75) is 52.7 Å². The molecule has 2 N–H and O–H groups in total. The summed E-state index contributed by atoms with van der Waals surface area (Å²) in [5.41, 5.74) is 5.71. The van der Waals surface area contributed by atoms with Gasteiger partial charge in [0.1, 0.15) is 18.5 Å². The molecule has 3 rings (SSSR count). The second-order valence-electron chi connectivity index (χ2n) is 7.19. The number of hydrogen-bond acceptors (Lipinski definition) is 4. The minimum Gasteiger partial charge on any atom is -0.490 e. The van der Waals surface area contributed by atoms with Gasteiger partial charge in [0.15, 0.2) is 0 Å². The van der Waals surface area contributed by atoms with Gasteiger partial charge in [-0.3, -0.25) is 10.00 Å². The van der Waals surface area contributed by atoms with E-state index in [-0.39, 0.29) is 0 Å². The molecule has 2 unspecified atom stereocenters. The number of likely N-dealkylation sites (tertiary alicyclic amines) is 1. The number of aliphatic hydroxyl groups is 1. The fourth-order valence-corrected chi connectivity index (χ4v) is 3.95. The summed E-state index contributed by atoms with van der Waals surface area (Å²) in [6.45, 7) is 10.2. The Kier molecular flexibility index (Phi) is 5.45. The van der Waals surface area contributed by atoms with E-state index in [1.165, 1.54) is 5.56 Å². The molecule has 1 aromatic heterocycles. The molecule has 0 saturated carbocycles. The topological polar surface area (TPSA) is 61.4 Å². The third-order valence-corrected chi connectivity index (χ3v) is 5.16. The SMILES string of the molecule is Cc1cccc(C)c1OCC(O)CN1CCCC1c1c(C)n[nH]c1C. The summed E-state index contributed by atoms with van der Waals surface area (Å²) in [5.74, 6) is 0.890. The average molecular weight is 343 g/mol. The highest BCUT2D eigenvalue weighted by molar-refractivity contribution is 5.39. The summed E-state index contributed by atoms with van der Waals surface area (Å²) in [7, 11) is 0. The van der Waals surface area contributed by atoms with Crippen molar-refractivity contribution >= 4 is 0 Å². The lowest BCUT2D eigenvalue weighted by Crippen LogP contribution is -2.35. The van der Waals surface area contributed by atoms with E-state index in [2.05, 4.69) is 28.9 Å². The number of benzene rings is 1. The van der Waals surface area contributed by atoms with Crippen molar-refractivity contribution < 1.29 is 9.84 Å². The van der Waals surface area contributed by atoms with Gasteiger partial charge < -0.3 is 9.84 Å². The van der Waals surface area contributed by atoms with Crippen molar-refractivity contribution in [1.29, 1.82) is 0 Å². The van der Waals surface area contributed by atoms with Gasteiger partial charge in [0.25, 0.3) is 0 Å². The molecule has 0 amide bonds. The number of aromatic amines is 1. The van der Waals surface area contributed by atoms with Gasteiger partial charge in [-0.05, 0) is 58.2 Å². The molecule has 2 aromatic rings. The van der Waals surface area contributed by atoms with Crippen LogP contribution in [0.2, 0.25) is 0 Å². The first-order valence-electron chi connectivity index (χ1n) is 9.10. The average Bonchev–Trinajstić information content (AvgIpc) is 3.13. The van der Waals surface area contributed by atoms with Crippen LogP contribution >= 0.6 is 0 Å². The predicted octanol–water partition coefficient (Wildman–Crippen LogP) is 3.22. The second kappa shape index (κ2) is 7.58. The van der Waals surface area contributed by atoms with Gasteiger partial charge in [-0.15, -0.1) is 0 Å². The first-order valence-corrected chi connectivity index (χ1v) is 9.10. The minimum atomic E-state index is -0.507. The molecule has 0 spiro atoms. The maximum absolute atomic E-state index is 10.5. The van der Waals surface area contributed by atoms with E-state index >= 15 is 0 Å². The number of aliphatic hydroxyl groups excluding tert-OH is 1. The molecule has 2 atom stereocenters. The first-order chi connectivity index (χ1) is 12.0. The van der Waals surface area contributed by atoms with Crippen LogP contribution in [0.3, 0.4) is 0 Å². The zero-order valence-corrected chi connectivity index (χ0v) is 15.7. The largest absolute Gasteiger partial charge is 0.490 e. The number of aromatic nitrogens is 2. The lowest BCUT2D eigenvalue weighted by Gasteiger charge is -2.27. The van der Waals surface area contributed by atoms with E-state index in [9.17, 15) is 5.11 Å². The van der Waals surface area contributed by atoms with Crippen molar-refractivity contribution in [3.63, 3.8) is 0 Å². The fraction of sp³-hybridized carbons (Fsp3) is 0.550. The Morgan fingerprint density at radius 2 is 2.00 bits per heavy atom. The fourth-order valence-electron chi connectivity index (χ4n) is 3.95. The van der Waals surface area contributed by atoms with Gasteiger partial charge >= 0.3 is 0 Å². The van der Waals surface area contributed by atoms with Crippen LogP contribution in [-0.2, 0) is 0 Å². The summed E-state index contributed by atoms with van der Waals surface area (Å²) >= 11 is 0. The molecule has 0 bridgehead atoms. The van der Waals surface area contributed by atoms with Crippen LogP contribution in [0.1, 0.15) is 47.0 Å². The second-order valence-corrected chi connectivity index (χ2v) is 7.19. The van der Waals surface area contributed by atoms with Crippen molar-refractivity contribution in [1.82, 2.24) is 15.1 Å². The predicted molar refractivity (Wildman–Crippen MR) is 99.0 cm³/mol. The Labute approximate surface area is 150 Å². The van der Waals surface area contributed by atoms with Gasteiger partial charge in [0, 0.05) is 23.8 Å². The molecule has 0 aliphatic carbocycles. The van der Waals surface area contributed by atoms with Crippen LogP contribution in [0.15, 0.2) is 18.2 Å². The quantitative estimate of drug-likeness (QED) is 0.845. The van der Waals surface area contributed by atoms with E-state index in [1.807, 2.05) is 32.0 Å². The highest BCUT2D eigenvalue weighted by Crippen LogP contribution is 2.34. The number of hydrogen-bond donors (Lipinski definition) is 2. The summed E-state index contributed by atoms with van der Waals surface area (Å²) < 4.78 is 5.92. The Morgan fingerprint density at radius 3 is 2.64 bits per heavy atom. The van der Waals surface area contributed by atoms with Crippen LogP contribution in [-0.4, -0.2) is 46.0 Å². The number of H-pyrrole nitrogens is 1. The Hall–Kier alpha value is -1.85.